The second kappa shape index (κ2) is 11.0. The van der Waals surface area contributed by atoms with Crippen LogP contribution in [0.3, 0.4) is 0 Å². The molecule has 2 rings (SSSR count). The highest BCUT2D eigenvalue weighted by molar-refractivity contribution is 5.85. The number of methoxy groups -OCH3 is 1. The second-order valence-electron chi connectivity index (χ2n) is 4.69. The van der Waals surface area contributed by atoms with Crippen LogP contribution < -0.4 is 11.1 Å². The lowest BCUT2D eigenvalue weighted by molar-refractivity contribution is -0.123. The van der Waals surface area contributed by atoms with Gasteiger partial charge in [-0.15, -0.1) is 24.8 Å². The summed E-state index contributed by atoms with van der Waals surface area (Å²) in [4.78, 5) is 15.5. The number of ether oxygens (including phenoxy) is 1. The zero-order valence-corrected chi connectivity index (χ0v) is 14.3. The second-order valence-corrected chi connectivity index (χ2v) is 4.69. The lowest BCUT2D eigenvalue weighted by atomic mass is 10.1. The molecule has 1 aromatic heterocycles. The van der Waals surface area contributed by atoms with Gasteiger partial charge in [0.2, 0.25) is 5.91 Å². The van der Waals surface area contributed by atoms with Crippen molar-refractivity contribution < 1.29 is 9.53 Å². The van der Waals surface area contributed by atoms with E-state index in [4.69, 9.17) is 10.5 Å². The third-order valence-corrected chi connectivity index (χ3v) is 2.98. The fraction of sp³-hybridized carbons (Fsp3) is 0.357. The third kappa shape index (κ3) is 6.96. The highest BCUT2D eigenvalue weighted by Crippen LogP contribution is 2.05. The van der Waals surface area contributed by atoms with E-state index in [2.05, 4.69) is 15.4 Å². The molecule has 1 heterocycles. The SMILES string of the molecule is COCC(N)C(=O)NCc1ccc(Cn2cncn2)cc1.Cl.Cl. The molecule has 0 aliphatic carbocycles. The van der Waals surface area contributed by atoms with E-state index < -0.39 is 6.04 Å². The van der Waals surface area contributed by atoms with Gasteiger partial charge in [-0.3, -0.25) is 4.79 Å². The van der Waals surface area contributed by atoms with Crippen LogP contribution in [-0.2, 0) is 22.6 Å². The summed E-state index contributed by atoms with van der Waals surface area (Å²) >= 11 is 0. The summed E-state index contributed by atoms with van der Waals surface area (Å²) in [6.07, 6.45) is 3.18. The van der Waals surface area contributed by atoms with E-state index in [0.29, 0.717) is 13.1 Å². The zero-order valence-electron chi connectivity index (χ0n) is 12.7. The number of hydrogen-bond acceptors (Lipinski definition) is 5. The minimum atomic E-state index is -0.637. The molecule has 0 spiro atoms. The van der Waals surface area contributed by atoms with E-state index in [0.717, 1.165) is 11.1 Å². The molecule has 1 unspecified atom stereocenters. The summed E-state index contributed by atoms with van der Waals surface area (Å²) in [5, 5.41) is 6.83. The van der Waals surface area contributed by atoms with Crippen LogP contribution >= 0.6 is 24.8 Å². The Balaban J connectivity index is 0.00000242. The molecule has 7 nitrogen and oxygen atoms in total. The molecule has 0 aliphatic heterocycles. The molecule has 9 heteroatoms. The summed E-state index contributed by atoms with van der Waals surface area (Å²) < 4.78 is 6.59. The number of hydrogen-bond donors (Lipinski definition) is 2. The summed E-state index contributed by atoms with van der Waals surface area (Å²) in [5.41, 5.74) is 7.77. The van der Waals surface area contributed by atoms with Crippen LogP contribution in [0, 0.1) is 0 Å². The Bertz CT molecular complexity index is 563. The van der Waals surface area contributed by atoms with Gasteiger partial charge in [0.25, 0.3) is 0 Å². The Labute approximate surface area is 147 Å². The van der Waals surface area contributed by atoms with Gasteiger partial charge in [0.15, 0.2) is 0 Å². The largest absolute Gasteiger partial charge is 0.383 e. The Hall–Kier alpha value is -1.67. The standard InChI is InChI=1S/C14H19N5O2.2ClH/c1-21-8-13(15)14(20)17-6-11-2-4-12(5-3-11)7-19-10-16-9-18-19;;/h2-5,9-10,13H,6-8,15H2,1H3,(H,17,20);2*1H. The van der Waals surface area contributed by atoms with Crippen molar-refractivity contribution in [2.75, 3.05) is 13.7 Å². The van der Waals surface area contributed by atoms with E-state index in [1.165, 1.54) is 13.4 Å². The van der Waals surface area contributed by atoms with Gasteiger partial charge in [-0.25, -0.2) is 9.67 Å². The number of amides is 1. The van der Waals surface area contributed by atoms with Crippen molar-refractivity contribution in [3.63, 3.8) is 0 Å². The van der Waals surface area contributed by atoms with Crippen LogP contribution in [0.1, 0.15) is 11.1 Å². The highest BCUT2D eigenvalue weighted by Gasteiger charge is 2.12. The van der Waals surface area contributed by atoms with E-state index >= 15 is 0 Å². The van der Waals surface area contributed by atoms with E-state index in [1.54, 1.807) is 11.0 Å². The van der Waals surface area contributed by atoms with Gasteiger partial charge in [-0.1, -0.05) is 24.3 Å². The van der Waals surface area contributed by atoms with E-state index in [-0.39, 0.29) is 37.3 Å². The molecule has 128 valence electrons. The Kier molecular flexibility index (Phi) is 10.2. The predicted octanol–water partition coefficient (Wildman–Crippen LogP) is 0.760. The Morgan fingerprint density at radius 2 is 1.96 bits per heavy atom. The molecule has 0 aliphatic rings. The first-order valence-corrected chi connectivity index (χ1v) is 6.61. The van der Waals surface area contributed by atoms with Gasteiger partial charge in [0, 0.05) is 13.7 Å². The number of aromatic nitrogens is 3. The van der Waals surface area contributed by atoms with Crippen LogP contribution in [0.5, 0.6) is 0 Å². The first-order valence-electron chi connectivity index (χ1n) is 6.61. The summed E-state index contributed by atoms with van der Waals surface area (Å²) in [6.45, 7) is 1.33. The molecule has 0 fully saturated rings. The number of carbonyl (C=O) groups is 1. The zero-order chi connectivity index (χ0) is 15.1. The van der Waals surface area contributed by atoms with Crippen LogP contribution in [0.2, 0.25) is 0 Å². The molecule has 1 aromatic carbocycles. The number of nitrogens with two attached hydrogens (primary N) is 1. The van der Waals surface area contributed by atoms with Gasteiger partial charge in [-0.05, 0) is 11.1 Å². The lowest BCUT2D eigenvalue weighted by Crippen LogP contribution is -2.43. The molecule has 0 bridgehead atoms. The molecule has 23 heavy (non-hydrogen) atoms. The summed E-state index contributed by atoms with van der Waals surface area (Å²) in [5.74, 6) is -0.219. The number of nitrogens with one attached hydrogen (secondary N) is 1. The van der Waals surface area contributed by atoms with Gasteiger partial charge < -0.3 is 15.8 Å². The van der Waals surface area contributed by atoms with Crippen molar-refractivity contribution >= 4 is 30.7 Å². The number of benzene rings is 1. The fourth-order valence-corrected chi connectivity index (χ4v) is 1.84. The van der Waals surface area contributed by atoms with Crippen LogP contribution in [0.25, 0.3) is 0 Å². The quantitative estimate of drug-likeness (QED) is 0.758. The molecule has 0 radical (unpaired) electrons. The molecule has 1 amide bonds. The summed E-state index contributed by atoms with van der Waals surface area (Å²) in [7, 11) is 1.51. The minimum absolute atomic E-state index is 0. The lowest BCUT2D eigenvalue weighted by Gasteiger charge is -2.11. The van der Waals surface area contributed by atoms with Crippen LogP contribution in [0.4, 0.5) is 0 Å². The average Bonchev–Trinajstić information content (AvgIpc) is 2.99. The van der Waals surface area contributed by atoms with E-state index in [1.807, 2.05) is 24.3 Å². The van der Waals surface area contributed by atoms with Crippen molar-refractivity contribution in [1.82, 2.24) is 20.1 Å². The summed E-state index contributed by atoms with van der Waals surface area (Å²) in [6, 6.07) is 7.29. The minimum Gasteiger partial charge on any atom is -0.383 e. The van der Waals surface area contributed by atoms with Crippen LogP contribution in [0.15, 0.2) is 36.9 Å². The van der Waals surface area contributed by atoms with Crippen molar-refractivity contribution in [1.29, 1.82) is 0 Å². The predicted molar refractivity (Wildman–Crippen MR) is 91.8 cm³/mol. The highest BCUT2D eigenvalue weighted by atomic mass is 35.5. The van der Waals surface area contributed by atoms with Crippen molar-refractivity contribution in [3.8, 4) is 0 Å². The maximum atomic E-state index is 11.7. The monoisotopic (exact) mass is 361 g/mol. The maximum absolute atomic E-state index is 11.7. The Morgan fingerprint density at radius 1 is 1.30 bits per heavy atom. The number of rotatable bonds is 7. The topological polar surface area (TPSA) is 95.1 Å². The molecule has 2 aromatic rings. The number of nitrogens with zero attached hydrogens (tertiary/aromatic N) is 3. The molecule has 1 atom stereocenters. The Morgan fingerprint density at radius 3 is 2.52 bits per heavy atom. The van der Waals surface area contributed by atoms with Crippen molar-refractivity contribution in [3.05, 3.63) is 48.0 Å². The fourth-order valence-electron chi connectivity index (χ4n) is 1.84. The average molecular weight is 362 g/mol. The van der Waals surface area contributed by atoms with Gasteiger partial charge in [0.1, 0.15) is 18.7 Å². The van der Waals surface area contributed by atoms with Crippen molar-refractivity contribution in [2.45, 2.75) is 19.1 Å². The van der Waals surface area contributed by atoms with Crippen LogP contribution in [-0.4, -0.2) is 40.4 Å². The van der Waals surface area contributed by atoms with Crippen molar-refractivity contribution in [2.24, 2.45) is 5.73 Å². The number of carbonyl (C=O) groups excluding carboxylic acids is 1. The molecule has 3 N–H and O–H groups in total. The third-order valence-electron chi connectivity index (χ3n) is 2.98. The smallest absolute Gasteiger partial charge is 0.239 e. The molecule has 0 saturated carbocycles. The van der Waals surface area contributed by atoms with E-state index in [9.17, 15) is 4.79 Å². The first-order chi connectivity index (χ1) is 10.2. The number of halogens is 2. The molecular weight excluding hydrogens is 341 g/mol. The van der Waals surface area contributed by atoms with Gasteiger partial charge >= 0.3 is 0 Å². The van der Waals surface area contributed by atoms with Gasteiger partial charge in [-0.2, -0.15) is 5.10 Å². The molecule has 0 saturated heterocycles. The maximum Gasteiger partial charge on any atom is 0.239 e. The first kappa shape index (κ1) is 21.3. The molecular formula is C14H21Cl2N5O2. The van der Waals surface area contributed by atoms with Gasteiger partial charge in [0.05, 0.1) is 13.2 Å². The normalized spacial score (nSPS) is 11.0.